The molecule has 0 aliphatic heterocycles. The molecule has 0 heterocycles. The van der Waals surface area contributed by atoms with E-state index in [4.69, 9.17) is 4.43 Å². The fraction of sp³-hybridized carbons (Fsp3) is 0.455. The first-order valence-electron chi connectivity index (χ1n) is 4.86. The van der Waals surface area contributed by atoms with Crippen LogP contribution in [0.5, 0.6) is 0 Å². The van der Waals surface area contributed by atoms with E-state index in [0.29, 0.717) is 0 Å². The molecule has 1 nitrogen and oxygen atoms in total. The van der Waals surface area contributed by atoms with Crippen molar-refractivity contribution in [1.82, 2.24) is 0 Å². The number of halogens is 1. The molecule has 0 saturated carbocycles. The quantitative estimate of drug-likeness (QED) is 0.698. The molecule has 0 aromatic heterocycles. The van der Waals surface area contributed by atoms with Crippen LogP contribution in [0.4, 0.5) is 4.39 Å². The van der Waals surface area contributed by atoms with Gasteiger partial charge in [-0.05, 0) is 44.5 Å². The summed E-state index contributed by atoms with van der Waals surface area (Å²) in [6, 6.07) is 7.64. The Hall–Kier alpha value is -0.673. The van der Waals surface area contributed by atoms with Gasteiger partial charge >= 0.3 is 0 Å². The van der Waals surface area contributed by atoms with Gasteiger partial charge in [-0.25, -0.2) is 4.39 Å². The van der Waals surface area contributed by atoms with Crippen molar-refractivity contribution in [3.8, 4) is 0 Å². The standard InChI is InChI=1S/C11H17FOSi/c1-11(2,3)13-14-8-9-5-4-6-10(12)7-9/h4-7H,8,14H2,1-3H3. The maximum absolute atomic E-state index is 12.8. The summed E-state index contributed by atoms with van der Waals surface area (Å²) in [5, 5.41) is 0. The van der Waals surface area contributed by atoms with E-state index < -0.39 is 9.76 Å². The molecule has 0 radical (unpaired) electrons. The van der Waals surface area contributed by atoms with E-state index in [1.54, 1.807) is 12.1 Å². The Labute approximate surface area is 87.2 Å². The Kier molecular flexibility index (Phi) is 3.83. The van der Waals surface area contributed by atoms with Crippen molar-refractivity contribution in [2.45, 2.75) is 32.4 Å². The first kappa shape index (κ1) is 11.4. The van der Waals surface area contributed by atoms with Crippen LogP contribution in [0.25, 0.3) is 0 Å². The largest absolute Gasteiger partial charge is 0.419 e. The zero-order chi connectivity index (χ0) is 10.6. The molecular weight excluding hydrogens is 195 g/mol. The van der Waals surface area contributed by atoms with Gasteiger partial charge in [0.1, 0.15) is 5.82 Å². The predicted octanol–water partition coefficient (Wildman–Crippen LogP) is 2.22. The fourth-order valence-corrected chi connectivity index (χ4v) is 2.43. The van der Waals surface area contributed by atoms with Crippen molar-refractivity contribution >= 4 is 9.76 Å². The molecule has 1 aromatic carbocycles. The molecule has 0 amide bonds. The van der Waals surface area contributed by atoms with Gasteiger partial charge in [0.15, 0.2) is 9.76 Å². The SMILES string of the molecule is CC(C)(C)O[SiH2]Cc1cccc(F)c1. The smallest absolute Gasteiger partial charge is 0.166 e. The Morgan fingerprint density at radius 1 is 1.36 bits per heavy atom. The lowest BCUT2D eigenvalue weighted by atomic mass is 10.2. The zero-order valence-electron chi connectivity index (χ0n) is 9.01. The van der Waals surface area contributed by atoms with Crippen molar-refractivity contribution < 1.29 is 8.82 Å². The van der Waals surface area contributed by atoms with Crippen LogP contribution in [0.3, 0.4) is 0 Å². The second kappa shape index (κ2) is 4.71. The fourth-order valence-electron chi connectivity index (χ4n) is 1.17. The number of benzene rings is 1. The topological polar surface area (TPSA) is 9.23 Å². The van der Waals surface area contributed by atoms with Crippen molar-refractivity contribution in [1.29, 1.82) is 0 Å². The second-order valence-electron chi connectivity index (χ2n) is 4.34. The van der Waals surface area contributed by atoms with Gasteiger partial charge in [-0.15, -0.1) is 0 Å². The number of hydrogen-bond donors (Lipinski definition) is 0. The molecule has 14 heavy (non-hydrogen) atoms. The normalized spacial score (nSPS) is 12.6. The van der Waals surface area contributed by atoms with Crippen LogP contribution in [-0.2, 0) is 10.5 Å². The van der Waals surface area contributed by atoms with Gasteiger partial charge in [-0.3, -0.25) is 0 Å². The molecule has 0 saturated heterocycles. The Bertz CT molecular complexity index is 294. The van der Waals surface area contributed by atoms with Gasteiger partial charge in [0, 0.05) is 5.60 Å². The summed E-state index contributed by atoms with van der Waals surface area (Å²) in [6.07, 6.45) is 0. The molecule has 3 heteroatoms. The molecule has 0 spiro atoms. The molecule has 0 atom stereocenters. The lowest BCUT2D eigenvalue weighted by Crippen LogP contribution is -2.22. The van der Waals surface area contributed by atoms with Crippen LogP contribution in [-0.4, -0.2) is 15.4 Å². The highest BCUT2D eigenvalue weighted by Gasteiger charge is 2.09. The molecule has 78 valence electrons. The van der Waals surface area contributed by atoms with Crippen LogP contribution < -0.4 is 0 Å². The summed E-state index contributed by atoms with van der Waals surface area (Å²) in [4.78, 5) is 0. The average Bonchev–Trinajstić information content (AvgIpc) is 2.01. The molecule has 0 aliphatic carbocycles. The van der Waals surface area contributed by atoms with E-state index in [-0.39, 0.29) is 11.4 Å². The van der Waals surface area contributed by atoms with Crippen LogP contribution in [0, 0.1) is 5.82 Å². The van der Waals surface area contributed by atoms with Gasteiger partial charge in [0.05, 0.1) is 0 Å². The Morgan fingerprint density at radius 3 is 2.64 bits per heavy atom. The summed E-state index contributed by atoms with van der Waals surface area (Å²) in [5.74, 6) is -0.160. The highest BCUT2D eigenvalue weighted by Crippen LogP contribution is 2.08. The summed E-state index contributed by atoms with van der Waals surface area (Å²) in [7, 11) is -0.574. The molecule has 0 fully saturated rings. The van der Waals surface area contributed by atoms with E-state index in [1.807, 2.05) is 26.8 Å². The number of rotatable bonds is 3. The van der Waals surface area contributed by atoms with Crippen molar-refractivity contribution in [2.75, 3.05) is 0 Å². The summed E-state index contributed by atoms with van der Waals surface area (Å²) in [5.41, 5.74) is 0.987. The van der Waals surface area contributed by atoms with E-state index in [0.717, 1.165) is 11.6 Å². The third kappa shape index (κ3) is 4.53. The van der Waals surface area contributed by atoms with Gasteiger partial charge < -0.3 is 4.43 Å². The van der Waals surface area contributed by atoms with E-state index in [9.17, 15) is 4.39 Å². The Balaban J connectivity index is 2.39. The van der Waals surface area contributed by atoms with Gasteiger partial charge in [0.25, 0.3) is 0 Å². The summed E-state index contributed by atoms with van der Waals surface area (Å²) >= 11 is 0. The van der Waals surface area contributed by atoms with Crippen molar-refractivity contribution in [3.05, 3.63) is 35.6 Å². The first-order valence-corrected chi connectivity index (χ1v) is 6.43. The molecule has 0 unspecified atom stereocenters. The lowest BCUT2D eigenvalue weighted by Gasteiger charge is -2.19. The third-order valence-electron chi connectivity index (χ3n) is 1.81. The lowest BCUT2D eigenvalue weighted by molar-refractivity contribution is 0.138. The molecule has 1 aromatic rings. The Morgan fingerprint density at radius 2 is 2.07 bits per heavy atom. The summed E-state index contributed by atoms with van der Waals surface area (Å²) in [6.45, 7) is 6.14. The molecule has 1 rings (SSSR count). The minimum absolute atomic E-state index is 0.0560. The average molecular weight is 212 g/mol. The van der Waals surface area contributed by atoms with E-state index >= 15 is 0 Å². The molecule has 0 N–H and O–H groups in total. The summed E-state index contributed by atoms with van der Waals surface area (Å²) < 4.78 is 18.5. The van der Waals surface area contributed by atoms with Crippen LogP contribution in [0.1, 0.15) is 26.3 Å². The van der Waals surface area contributed by atoms with Gasteiger partial charge in [-0.1, -0.05) is 12.1 Å². The molecule has 0 aliphatic rings. The monoisotopic (exact) mass is 212 g/mol. The zero-order valence-corrected chi connectivity index (χ0v) is 10.4. The van der Waals surface area contributed by atoms with Crippen molar-refractivity contribution in [2.24, 2.45) is 0 Å². The maximum atomic E-state index is 12.8. The van der Waals surface area contributed by atoms with E-state index in [1.165, 1.54) is 6.07 Å². The van der Waals surface area contributed by atoms with Gasteiger partial charge in [0.2, 0.25) is 0 Å². The number of hydrogen-bond acceptors (Lipinski definition) is 1. The minimum atomic E-state index is -0.574. The third-order valence-corrected chi connectivity index (χ3v) is 3.67. The van der Waals surface area contributed by atoms with Crippen LogP contribution in [0.2, 0.25) is 0 Å². The van der Waals surface area contributed by atoms with Crippen LogP contribution >= 0.6 is 0 Å². The molecular formula is C11H17FOSi. The van der Waals surface area contributed by atoms with Crippen LogP contribution in [0.15, 0.2) is 24.3 Å². The second-order valence-corrected chi connectivity index (χ2v) is 5.54. The first-order chi connectivity index (χ1) is 6.47. The highest BCUT2D eigenvalue weighted by molar-refractivity contribution is 6.26. The highest BCUT2D eigenvalue weighted by atomic mass is 28.2. The van der Waals surface area contributed by atoms with E-state index in [2.05, 4.69) is 0 Å². The maximum Gasteiger partial charge on any atom is 0.166 e. The molecule has 0 bridgehead atoms. The van der Waals surface area contributed by atoms with Gasteiger partial charge in [-0.2, -0.15) is 0 Å². The van der Waals surface area contributed by atoms with Crippen molar-refractivity contribution in [3.63, 3.8) is 0 Å². The minimum Gasteiger partial charge on any atom is -0.419 e. The predicted molar refractivity (Wildman–Crippen MR) is 59.5 cm³/mol.